The third-order valence-electron chi connectivity index (χ3n) is 4.31. The summed E-state index contributed by atoms with van der Waals surface area (Å²) >= 11 is 1.70. The van der Waals surface area contributed by atoms with Gasteiger partial charge in [-0.1, -0.05) is 24.3 Å². The van der Waals surface area contributed by atoms with Gasteiger partial charge in [0, 0.05) is 18.0 Å². The highest BCUT2D eigenvalue weighted by Crippen LogP contribution is 2.21. The number of anilines is 1. The second-order valence-electron chi connectivity index (χ2n) is 6.37. The lowest BCUT2D eigenvalue weighted by atomic mass is 10.1. The molecule has 1 aromatic carbocycles. The molecule has 0 bridgehead atoms. The fraction of sp³-hybridized carbons (Fsp3) is 0.286. The summed E-state index contributed by atoms with van der Waals surface area (Å²) in [5.41, 5.74) is 8.18. The number of nitrogens with zero attached hydrogens (tertiary/aromatic N) is 4. The Morgan fingerprint density at radius 3 is 2.70 bits per heavy atom. The van der Waals surface area contributed by atoms with Crippen LogP contribution in [0.15, 0.2) is 52.8 Å². The number of nitrogens with two attached hydrogens (primary N) is 1. The average molecular weight is 535 g/mol. The number of aromatic nitrogens is 2. The van der Waals surface area contributed by atoms with E-state index in [-0.39, 0.29) is 24.0 Å². The summed E-state index contributed by atoms with van der Waals surface area (Å²) in [7, 11) is 0. The monoisotopic (exact) mass is 535 g/mol. The van der Waals surface area contributed by atoms with Crippen molar-refractivity contribution in [1.82, 2.24) is 20.4 Å². The number of benzene rings is 1. The van der Waals surface area contributed by atoms with Crippen LogP contribution in [0, 0.1) is 11.3 Å². The van der Waals surface area contributed by atoms with Crippen LogP contribution in [-0.2, 0) is 13.0 Å². The fourth-order valence-electron chi connectivity index (χ4n) is 2.91. The van der Waals surface area contributed by atoms with Gasteiger partial charge in [-0.25, -0.2) is 9.67 Å². The van der Waals surface area contributed by atoms with Gasteiger partial charge in [0.25, 0.3) is 0 Å². The number of halogens is 1. The Bertz CT molecular complexity index is 975. The van der Waals surface area contributed by atoms with E-state index in [9.17, 15) is 5.26 Å². The normalized spacial score (nSPS) is 10.9. The van der Waals surface area contributed by atoms with E-state index in [0.29, 0.717) is 24.3 Å². The second-order valence-corrected chi connectivity index (χ2v) is 7.40. The quantitative estimate of drug-likeness (QED) is 0.177. The third-order valence-corrected chi connectivity index (χ3v) is 5.17. The molecule has 0 spiro atoms. The van der Waals surface area contributed by atoms with Crippen LogP contribution >= 0.6 is 35.3 Å². The van der Waals surface area contributed by atoms with Gasteiger partial charge in [0.1, 0.15) is 17.5 Å². The van der Waals surface area contributed by atoms with Crippen LogP contribution in [-0.4, -0.2) is 28.8 Å². The van der Waals surface area contributed by atoms with Crippen LogP contribution in [0.5, 0.6) is 0 Å². The van der Waals surface area contributed by atoms with Gasteiger partial charge in [-0.05, 0) is 43.3 Å². The molecule has 0 atom stereocenters. The molecule has 0 radical (unpaired) electrons. The van der Waals surface area contributed by atoms with Crippen LogP contribution in [0.25, 0.3) is 5.69 Å². The highest BCUT2D eigenvalue weighted by Gasteiger charge is 2.16. The zero-order valence-corrected chi connectivity index (χ0v) is 20.0. The Hall–Kier alpha value is -2.58. The molecule has 9 heteroatoms. The smallest absolute Gasteiger partial charge is 0.191 e. The first-order valence-corrected chi connectivity index (χ1v) is 10.5. The van der Waals surface area contributed by atoms with E-state index in [0.717, 1.165) is 36.9 Å². The van der Waals surface area contributed by atoms with Gasteiger partial charge in [0.15, 0.2) is 5.96 Å². The number of aryl methyl sites for hydroxylation is 1. The molecule has 0 saturated carbocycles. The minimum Gasteiger partial charge on any atom is -0.382 e. The van der Waals surface area contributed by atoms with Gasteiger partial charge >= 0.3 is 0 Å². The molecule has 30 heavy (non-hydrogen) atoms. The summed E-state index contributed by atoms with van der Waals surface area (Å²) in [4.78, 5) is 5.83. The summed E-state index contributed by atoms with van der Waals surface area (Å²) in [5.74, 6) is 1.17. The average Bonchev–Trinajstić information content (AvgIpc) is 3.37. The molecule has 2 aromatic heterocycles. The zero-order chi connectivity index (χ0) is 20.5. The number of aliphatic imine (C=N–C) groups is 1. The fourth-order valence-corrected chi connectivity index (χ4v) is 3.53. The highest BCUT2D eigenvalue weighted by molar-refractivity contribution is 14.0. The maximum atomic E-state index is 9.51. The van der Waals surface area contributed by atoms with Crippen molar-refractivity contribution in [3.05, 3.63) is 64.0 Å². The first-order valence-electron chi connectivity index (χ1n) is 9.60. The minimum absolute atomic E-state index is 0. The summed E-state index contributed by atoms with van der Waals surface area (Å²) in [6, 6.07) is 15.9. The summed E-state index contributed by atoms with van der Waals surface area (Å²) in [5, 5.41) is 22.7. The van der Waals surface area contributed by atoms with Crippen molar-refractivity contribution in [2.75, 3.05) is 18.8 Å². The van der Waals surface area contributed by atoms with Crippen molar-refractivity contribution < 1.29 is 0 Å². The molecule has 2 heterocycles. The largest absolute Gasteiger partial charge is 0.382 e. The lowest BCUT2D eigenvalue weighted by Gasteiger charge is -2.10. The van der Waals surface area contributed by atoms with Crippen LogP contribution in [0.3, 0.4) is 0 Å². The first kappa shape index (κ1) is 23.7. The van der Waals surface area contributed by atoms with Crippen LogP contribution in [0.2, 0.25) is 0 Å². The molecule has 7 nitrogen and oxygen atoms in total. The van der Waals surface area contributed by atoms with Crippen LogP contribution < -0.4 is 16.4 Å². The number of nitrogens with one attached hydrogen (secondary N) is 2. The van der Waals surface area contributed by atoms with Crippen LogP contribution in [0.1, 0.15) is 29.5 Å². The van der Waals surface area contributed by atoms with E-state index in [2.05, 4.69) is 38.2 Å². The Morgan fingerprint density at radius 1 is 1.23 bits per heavy atom. The van der Waals surface area contributed by atoms with E-state index in [4.69, 9.17) is 5.73 Å². The molecule has 0 amide bonds. The van der Waals surface area contributed by atoms with E-state index in [1.165, 1.54) is 4.88 Å². The standard InChI is InChI=1S/C21H25N7S.HI/c1-2-24-21(26-15-17-10-7-13-29-17)25-12-6-11-19-18(14-22)20(23)28(27-19)16-8-4-3-5-9-16;/h3-5,7-10,13H,2,6,11-12,15,23H2,1H3,(H2,24,25,26);1H. The zero-order valence-electron chi connectivity index (χ0n) is 16.8. The van der Waals surface area contributed by atoms with E-state index >= 15 is 0 Å². The minimum atomic E-state index is 0. The predicted octanol–water partition coefficient (Wildman–Crippen LogP) is 3.69. The van der Waals surface area contributed by atoms with Crippen molar-refractivity contribution in [1.29, 1.82) is 5.26 Å². The third kappa shape index (κ3) is 6.21. The number of nitrogen functional groups attached to an aromatic ring is 1. The van der Waals surface area contributed by atoms with Gasteiger partial charge in [0.05, 0.1) is 17.9 Å². The van der Waals surface area contributed by atoms with E-state index < -0.39 is 0 Å². The summed E-state index contributed by atoms with van der Waals surface area (Å²) in [6.45, 7) is 4.22. The van der Waals surface area contributed by atoms with Crippen molar-refractivity contribution in [3.63, 3.8) is 0 Å². The molecule has 3 aromatic rings. The predicted molar refractivity (Wildman–Crippen MR) is 134 cm³/mol. The first-order chi connectivity index (χ1) is 14.2. The number of guanidine groups is 1. The molecule has 0 fully saturated rings. The number of rotatable bonds is 8. The molecule has 0 aliphatic heterocycles. The molecular formula is C21H26IN7S. The number of hydrogen-bond acceptors (Lipinski definition) is 5. The molecule has 0 aliphatic rings. The van der Waals surface area contributed by atoms with Gasteiger partial charge in [-0.2, -0.15) is 10.4 Å². The van der Waals surface area contributed by atoms with Gasteiger partial charge in [-0.3, -0.25) is 0 Å². The van der Waals surface area contributed by atoms with Gasteiger partial charge < -0.3 is 16.4 Å². The maximum Gasteiger partial charge on any atom is 0.191 e. The topological polar surface area (TPSA) is 104 Å². The Kier molecular flexibility index (Phi) is 9.63. The van der Waals surface area contributed by atoms with Gasteiger partial charge in [0.2, 0.25) is 0 Å². The molecule has 0 unspecified atom stereocenters. The maximum absolute atomic E-state index is 9.51. The van der Waals surface area contributed by atoms with E-state index in [1.807, 2.05) is 43.3 Å². The number of nitriles is 1. The Morgan fingerprint density at radius 2 is 2.03 bits per heavy atom. The van der Waals surface area contributed by atoms with Crippen molar-refractivity contribution in [2.45, 2.75) is 26.3 Å². The van der Waals surface area contributed by atoms with Crippen molar-refractivity contribution in [2.24, 2.45) is 4.99 Å². The number of hydrogen-bond donors (Lipinski definition) is 3. The lowest BCUT2D eigenvalue weighted by molar-refractivity contribution is 0.723. The van der Waals surface area contributed by atoms with Crippen molar-refractivity contribution >= 4 is 47.1 Å². The van der Waals surface area contributed by atoms with Crippen LogP contribution in [0.4, 0.5) is 5.82 Å². The number of para-hydroxylation sites is 1. The Labute approximate surface area is 198 Å². The van der Waals surface area contributed by atoms with Crippen molar-refractivity contribution in [3.8, 4) is 11.8 Å². The number of thiophene rings is 1. The van der Waals surface area contributed by atoms with E-state index in [1.54, 1.807) is 16.0 Å². The molecular weight excluding hydrogens is 509 g/mol. The molecule has 0 aliphatic carbocycles. The lowest BCUT2D eigenvalue weighted by Crippen LogP contribution is -2.37. The Balaban J connectivity index is 0.00000320. The SMILES string of the molecule is CCNC(=NCc1cccs1)NCCCc1nn(-c2ccccc2)c(N)c1C#N.I. The summed E-state index contributed by atoms with van der Waals surface area (Å²) < 4.78 is 1.63. The second kappa shape index (κ2) is 12.2. The molecule has 158 valence electrons. The highest BCUT2D eigenvalue weighted by atomic mass is 127. The summed E-state index contributed by atoms with van der Waals surface area (Å²) in [6.07, 6.45) is 1.47. The molecule has 3 rings (SSSR count). The molecule has 4 N–H and O–H groups in total. The molecule has 0 saturated heterocycles. The van der Waals surface area contributed by atoms with Gasteiger partial charge in [-0.15, -0.1) is 35.3 Å².